The van der Waals surface area contributed by atoms with Crippen LogP contribution in [0.2, 0.25) is 0 Å². The highest BCUT2D eigenvalue weighted by molar-refractivity contribution is 7.89. The molecule has 7 heteroatoms. The van der Waals surface area contributed by atoms with Crippen molar-refractivity contribution < 1.29 is 13.3 Å². The van der Waals surface area contributed by atoms with Crippen molar-refractivity contribution in [3.63, 3.8) is 0 Å². The Hall–Kier alpha value is -3.45. The Morgan fingerprint density at radius 3 is 2.07 bits per heavy atom. The molecule has 0 aliphatic carbocycles. The van der Waals surface area contributed by atoms with Crippen molar-refractivity contribution >= 4 is 21.4 Å². The molecule has 0 aromatic heterocycles. The first kappa shape index (κ1) is 19.8. The van der Waals surface area contributed by atoms with E-state index in [1.807, 2.05) is 66.7 Å². The second-order valence-corrected chi connectivity index (χ2v) is 8.91. The number of rotatable bonds is 5. The molecule has 0 N–H and O–H groups in total. The van der Waals surface area contributed by atoms with Crippen LogP contribution in [0.15, 0.2) is 95.9 Å². The largest absolute Gasteiger partial charge is 0.269 e. The Bertz CT molecular complexity index is 1170. The van der Waals surface area contributed by atoms with Crippen molar-refractivity contribution in [1.82, 2.24) is 4.31 Å². The number of nitrogens with zero attached hydrogens (tertiary/aromatic N) is 2. The first-order chi connectivity index (χ1) is 14.5. The Labute approximate surface area is 175 Å². The summed E-state index contributed by atoms with van der Waals surface area (Å²) in [5.74, 6) is 0.102. The fourth-order valence-corrected chi connectivity index (χ4v) is 5.17. The molecular formula is C23H20N2O4S. The molecule has 1 atom stereocenters. The molecule has 0 fully saturated rings. The van der Waals surface area contributed by atoms with E-state index in [9.17, 15) is 18.5 Å². The van der Waals surface area contributed by atoms with Gasteiger partial charge in [-0.2, -0.15) is 0 Å². The molecule has 0 radical (unpaired) electrons. The molecule has 1 unspecified atom stereocenters. The lowest BCUT2D eigenvalue weighted by molar-refractivity contribution is -0.384. The second kappa shape index (κ2) is 8.12. The van der Waals surface area contributed by atoms with Gasteiger partial charge in [-0.3, -0.25) is 14.4 Å². The van der Waals surface area contributed by atoms with Gasteiger partial charge in [-0.05, 0) is 29.7 Å². The van der Waals surface area contributed by atoms with Gasteiger partial charge in [-0.25, -0.2) is 8.42 Å². The first-order valence-electron chi connectivity index (χ1n) is 9.56. The predicted octanol–water partition coefficient (Wildman–Crippen LogP) is 4.81. The highest BCUT2D eigenvalue weighted by Gasteiger charge is 2.32. The van der Waals surface area contributed by atoms with Crippen LogP contribution in [0.1, 0.15) is 23.5 Å². The number of sulfonamides is 1. The third-order valence-electron chi connectivity index (χ3n) is 5.20. The van der Waals surface area contributed by atoms with Gasteiger partial charge in [0.2, 0.25) is 0 Å². The molecule has 0 saturated heterocycles. The van der Waals surface area contributed by atoms with Gasteiger partial charge < -0.3 is 0 Å². The maximum Gasteiger partial charge on any atom is 0.269 e. The van der Waals surface area contributed by atoms with E-state index in [0.29, 0.717) is 18.7 Å². The lowest BCUT2D eigenvalue weighted by atomic mass is 9.91. The van der Waals surface area contributed by atoms with E-state index < -0.39 is 14.9 Å². The summed E-state index contributed by atoms with van der Waals surface area (Å²) in [5.41, 5.74) is 2.42. The smallest absolute Gasteiger partial charge is 0.266 e. The topological polar surface area (TPSA) is 80.5 Å². The van der Waals surface area contributed by atoms with E-state index in [1.54, 1.807) is 0 Å². The van der Waals surface area contributed by atoms with E-state index in [4.69, 9.17) is 0 Å². The molecule has 0 bridgehead atoms. The summed E-state index contributed by atoms with van der Waals surface area (Å²) in [6, 6.07) is 24.4. The second-order valence-electron chi connectivity index (χ2n) is 7.05. The summed E-state index contributed by atoms with van der Waals surface area (Å²) >= 11 is 0. The van der Waals surface area contributed by atoms with Gasteiger partial charge in [0.05, 0.1) is 15.5 Å². The average Bonchev–Trinajstić information content (AvgIpc) is 2.80. The molecule has 3 aromatic rings. The molecular weight excluding hydrogens is 400 g/mol. The molecule has 3 aromatic carbocycles. The summed E-state index contributed by atoms with van der Waals surface area (Å²) in [6.45, 7) is 0.319. The van der Waals surface area contributed by atoms with Gasteiger partial charge >= 0.3 is 0 Å². The fraction of sp³-hybridized carbons (Fsp3) is 0.130. The third-order valence-corrected chi connectivity index (χ3v) is 7.03. The average molecular weight is 420 g/mol. The van der Waals surface area contributed by atoms with Crippen LogP contribution in [-0.2, 0) is 10.0 Å². The van der Waals surface area contributed by atoms with E-state index in [2.05, 4.69) is 0 Å². The monoisotopic (exact) mass is 420 g/mol. The maximum absolute atomic E-state index is 13.4. The Kier molecular flexibility index (Phi) is 5.37. The van der Waals surface area contributed by atoms with Gasteiger partial charge in [0.15, 0.2) is 0 Å². The molecule has 0 saturated carbocycles. The van der Waals surface area contributed by atoms with Crippen LogP contribution in [0.25, 0.3) is 5.70 Å². The minimum absolute atomic E-state index is 0.0353. The van der Waals surface area contributed by atoms with Crippen LogP contribution >= 0.6 is 0 Å². The zero-order chi connectivity index (χ0) is 21.1. The number of hydrogen-bond donors (Lipinski definition) is 0. The summed E-state index contributed by atoms with van der Waals surface area (Å²) in [5, 5.41) is 10.9. The fourth-order valence-electron chi connectivity index (χ4n) is 3.66. The number of hydrogen-bond acceptors (Lipinski definition) is 4. The quantitative estimate of drug-likeness (QED) is 0.438. The Morgan fingerprint density at radius 1 is 0.867 bits per heavy atom. The van der Waals surface area contributed by atoms with Crippen LogP contribution in [0.5, 0.6) is 0 Å². The normalized spacial score (nSPS) is 16.7. The van der Waals surface area contributed by atoms with Gasteiger partial charge in [0.25, 0.3) is 15.7 Å². The van der Waals surface area contributed by atoms with Gasteiger partial charge in [0, 0.05) is 24.6 Å². The van der Waals surface area contributed by atoms with Crippen molar-refractivity contribution in [2.75, 3.05) is 6.54 Å². The highest BCUT2D eigenvalue weighted by atomic mass is 32.2. The van der Waals surface area contributed by atoms with Crippen molar-refractivity contribution in [3.8, 4) is 0 Å². The van der Waals surface area contributed by atoms with E-state index in [0.717, 1.165) is 11.1 Å². The van der Waals surface area contributed by atoms with Crippen molar-refractivity contribution in [2.24, 2.45) is 0 Å². The molecule has 6 nitrogen and oxygen atoms in total. The molecule has 30 heavy (non-hydrogen) atoms. The molecule has 152 valence electrons. The van der Waals surface area contributed by atoms with Gasteiger partial charge in [0.1, 0.15) is 0 Å². The molecule has 1 aliphatic rings. The minimum Gasteiger partial charge on any atom is -0.266 e. The third kappa shape index (κ3) is 3.84. The number of benzene rings is 3. The lowest BCUT2D eigenvalue weighted by Gasteiger charge is -2.33. The number of nitro benzene ring substituents is 1. The van der Waals surface area contributed by atoms with Gasteiger partial charge in [-0.15, -0.1) is 0 Å². The molecule has 0 spiro atoms. The number of non-ortho nitro benzene ring substituents is 1. The molecule has 4 rings (SSSR count). The van der Waals surface area contributed by atoms with E-state index >= 15 is 0 Å². The first-order valence-corrected chi connectivity index (χ1v) is 11.0. The van der Waals surface area contributed by atoms with Crippen LogP contribution in [0.4, 0.5) is 5.69 Å². The van der Waals surface area contributed by atoms with Crippen LogP contribution < -0.4 is 0 Å². The van der Waals surface area contributed by atoms with Crippen molar-refractivity contribution in [1.29, 1.82) is 0 Å². The van der Waals surface area contributed by atoms with E-state index in [-0.39, 0.29) is 16.5 Å². The summed E-state index contributed by atoms with van der Waals surface area (Å²) < 4.78 is 28.2. The number of nitro groups is 1. The van der Waals surface area contributed by atoms with E-state index in [1.165, 1.54) is 28.6 Å². The summed E-state index contributed by atoms with van der Waals surface area (Å²) in [4.78, 5) is 10.4. The SMILES string of the molecule is O=[N+]([O-])c1ccc(S(=O)(=O)N2CCC(c3ccccc3)C=C2c2ccccc2)cc1. The van der Waals surface area contributed by atoms with Gasteiger partial charge in [-0.1, -0.05) is 66.7 Å². The Balaban J connectivity index is 1.77. The molecule has 0 amide bonds. The zero-order valence-electron chi connectivity index (χ0n) is 16.1. The zero-order valence-corrected chi connectivity index (χ0v) is 16.9. The van der Waals surface area contributed by atoms with Crippen LogP contribution in [0, 0.1) is 10.1 Å². The van der Waals surface area contributed by atoms with Crippen molar-refractivity contribution in [2.45, 2.75) is 17.2 Å². The summed E-state index contributed by atoms with van der Waals surface area (Å²) in [7, 11) is -3.86. The maximum atomic E-state index is 13.4. The number of allylic oxidation sites excluding steroid dienone is 1. The lowest BCUT2D eigenvalue weighted by Crippen LogP contribution is -2.34. The minimum atomic E-state index is -3.86. The van der Waals surface area contributed by atoms with Crippen LogP contribution in [-0.4, -0.2) is 24.2 Å². The predicted molar refractivity (Wildman–Crippen MR) is 115 cm³/mol. The van der Waals surface area contributed by atoms with Crippen molar-refractivity contribution in [3.05, 3.63) is 112 Å². The highest BCUT2D eigenvalue weighted by Crippen LogP contribution is 2.37. The molecule has 1 aliphatic heterocycles. The standard InChI is InChI=1S/C23H20N2O4S/c26-25(27)21-11-13-22(14-12-21)30(28,29)24-16-15-20(18-7-3-1-4-8-18)17-23(24)19-9-5-2-6-10-19/h1-14,17,20H,15-16H2. The summed E-state index contributed by atoms with van der Waals surface area (Å²) in [6.07, 6.45) is 2.64. The molecule has 1 heterocycles. The van der Waals surface area contributed by atoms with Crippen LogP contribution in [0.3, 0.4) is 0 Å². The Morgan fingerprint density at radius 2 is 1.47 bits per heavy atom.